The van der Waals surface area contributed by atoms with Crippen molar-refractivity contribution in [1.29, 1.82) is 0 Å². The maximum absolute atomic E-state index is 12.9. The van der Waals surface area contributed by atoms with E-state index in [1.807, 2.05) is 30.3 Å². The van der Waals surface area contributed by atoms with Gasteiger partial charge in [0.05, 0.1) is 16.5 Å². The number of carbonyl (C=O) groups is 3. The minimum absolute atomic E-state index is 0.0454. The number of halogens is 5. The third-order valence-electron chi connectivity index (χ3n) is 6.43. The first-order chi connectivity index (χ1) is 21.3. The second kappa shape index (κ2) is 17.0. The van der Waals surface area contributed by atoms with E-state index in [9.17, 15) is 27.6 Å². The standard InChI is InChI=1S/C20H18Cl2F3N5O2.C10H12O2S/c21-13-2-1-11(9-14(13)22)10-15(17(26)31)28-18(32)12-4-7-30(8-5-12)19-27-6-3-16(29-19)20(23,24)25;11-10(12)6-7-13-8-9-4-2-1-3-5-9/h1-3,6,9-10,12H,4-5,7-8H2,(H2,26,31)(H,28,32);1-5H,6-8H2,(H,11,12)/b15-10+;. The van der Waals surface area contributed by atoms with Gasteiger partial charge in [-0.1, -0.05) is 59.6 Å². The first kappa shape index (κ1) is 35.7. The molecule has 1 aliphatic rings. The maximum atomic E-state index is 12.9. The van der Waals surface area contributed by atoms with E-state index in [2.05, 4.69) is 15.3 Å². The molecular formula is C30H30Cl2F3N5O4S. The number of benzene rings is 2. The van der Waals surface area contributed by atoms with Gasteiger partial charge in [0.2, 0.25) is 11.9 Å². The summed E-state index contributed by atoms with van der Waals surface area (Å²) in [5.41, 5.74) is 6.01. The Bertz CT molecular complexity index is 1500. The summed E-state index contributed by atoms with van der Waals surface area (Å²) in [6.45, 7) is 0.559. The molecule has 0 saturated carbocycles. The Hall–Kier alpha value is -3.81. The van der Waals surface area contributed by atoms with Gasteiger partial charge in [0, 0.05) is 36.7 Å². The van der Waals surface area contributed by atoms with Crippen LogP contribution in [0.5, 0.6) is 0 Å². The first-order valence-corrected chi connectivity index (χ1v) is 15.5. The number of anilines is 1. The maximum Gasteiger partial charge on any atom is 0.433 e. The first-order valence-electron chi connectivity index (χ1n) is 13.6. The molecule has 240 valence electrons. The number of amides is 2. The van der Waals surface area contributed by atoms with E-state index < -0.39 is 35.6 Å². The van der Waals surface area contributed by atoms with Crippen LogP contribution >= 0.6 is 35.0 Å². The summed E-state index contributed by atoms with van der Waals surface area (Å²) >= 11 is 13.5. The van der Waals surface area contributed by atoms with Gasteiger partial charge in [-0.15, -0.1) is 0 Å². The zero-order valence-electron chi connectivity index (χ0n) is 23.8. The highest BCUT2D eigenvalue weighted by molar-refractivity contribution is 7.98. The molecule has 0 spiro atoms. The fourth-order valence-electron chi connectivity index (χ4n) is 4.10. The summed E-state index contributed by atoms with van der Waals surface area (Å²) in [6.07, 6.45) is -1.21. The van der Waals surface area contributed by atoms with Crippen molar-refractivity contribution < 1.29 is 32.7 Å². The molecule has 45 heavy (non-hydrogen) atoms. The summed E-state index contributed by atoms with van der Waals surface area (Å²) in [4.78, 5) is 43.7. The lowest BCUT2D eigenvalue weighted by atomic mass is 9.96. The predicted molar refractivity (Wildman–Crippen MR) is 169 cm³/mol. The van der Waals surface area contributed by atoms with E-state index >= 15 is 0 Å². The molecule has 0 aliphatic carbocycles. The summed E-state index contributed by atoms with van der Waals surface area (Å²) < 4.78 is 38.6. The van der Waals surface area contributed by atoms with Crippen LogP contribution in [0.15, 0.2) is 66.5 Å². The van der Waals surface area contributed by atoms with Crippen molar-refractivity contribution in [3.8, 4) is 0 Å². The Morgan fingerprint density at radius 1 is 1.07 bits per heavy atom. The van der Waals surface area contributed by atoms with Crippen LogP contribution in [0.3, 0.4) is 0 Å². The highest BCUT2D eigenvalue weighted by atomic mass is 35.5. The van der Waals surface area contributed by atoms with Crippen LogP contribution in [-0.2, 0) is 26.3 Å². The third-order valence-corrected chi connectivity index (χ3v) is 8.20. The van der Waals surface area contributed by atoms with E-state index in [1.165, 1.54) is 17.7 Å². The minimum Gasteiger partial charge on any atom is -0.481 e. The predicted octanol–water partition coefficient (Wildman–Crippen LogP) is 6.06. The molecular weight excluding hydrogens is 654 g/mol. The highest BCUT2D eigenvalue weighted by Gasteiger charge is 2.34. The molecule has 0 unspecified atom stereocenters. The number of primary amides is 1. The number of aliphatic carboxylic acids is 1. The number of carbonyl (C=O) groups excluding carboxylic acids is 2. The molecule has 15 heteroatoms. The summed E-state index contributed by atoms with van der Waals surface area (Å²) in [6, 6.07) is 15.5. The van der Waals surface area contributed by atoms with Crippen LogP contribution < -0.4 is 16.0 Å². The number of hydrogen-bond donors (Lipinski definition) is 3. The van der Waals surface area contributed by atoms with Crippen LogP contribution in [0.2, 0.25) is 10.0 Å². The average Bonchev–Trinajstić information content (AvgIpc) is 3.01. The Morgan fingerprint density at radius 2 is 1.76 bits per heavy atom. The van der Waals surface area contributed by atoms with E-state index in [-0.39, 0.29) is 36.2 Å². The summed E-state index contributed by atoms with van der Waals surface area (Å²) in [5, 5.41) is 11.5. The quantitative estimate of drug-likeness (QED) is 0.173. The third kappa shape index (κ3) is 11.9. The van der Waals surface area contributed by atoms with Gasteiger partial charge in [-0.05, 0) is 48.2 Å². The summed E-state index contributed by atoms with van der Waals surface area (Å²) in [7, 11) is 0. The number of carboxylic acids is 1. The lowest BCUT2D eigenvalue weighted by Gasteiger charge is -2.31. The van der Waals surface area contributed by atoms with Crippen LogP contribution in [-0.4, -0.2) is 51.7 Å². The lowest BCUT2D eigenvalue weighted by molar-refractivity contribution is -0.141. The van der Waals surface area contributed by atoms with Gasteiger partial charge in [-0.25, -0.2) is 9.97 Å². The van der Waals surface area contributed by atoms with E-state index in [1.54, 1.807) is 28.8 Å². The van der Waals surface area contributed by atoms with E-state index in [0.717, 1.165) is 18.0 Å². The smallest absolute Gasteiger partial charge is 0.433 e. The van der Waals surface area contributed by atoms with Crippen molar-refractivity contribution in [2.45, 2.75) is 31.2 Å². The number of thioether (sulfide) groups is 1. The average molecular weight is 685 g/mol. The number of nitrogens with one attached hydrogen (secondary N) is 1. The number of alkyl halides is 3. The van der Waals surface area contributed by atoms with E-state index in [4.69, 9.17) is 34.0 Å². The molecule has 4 rings (SSSR count). The van der Waals surface area contributed by atoms with E-state index in [0.29, 0.717) is 29.2 Å². The largest absolute Gasteiger partial charge is 0.481 e. The molecule has 0 bridgehead atoms. The van der Waals surface area contributed by atoms with Crippen LogP contribution in [0.25, 0.3) is 6.08 Å². The van der Waals surface area contributed by atoms with Crippen molar-refractivity contribution >= 4 is 64.8 Å². The van der Waals surface area contributed by atoms with Gasteiger partial charge >= 0.3 is 12.1 Å². The number of aromatic nitrogens is 2. The topological polar surface area (TPSA) is 139 Å². The number of nitrogens with two attached hydrogens (primary N) is 1. The van der Waals surface area contributed by atoms with Crippen LogP contribution in [0, 0.1) is 5.92 Å². The second-order valence-corrected chi connectivity index (χ2v) is 11.7. The van der Waals surface area contributed by atoms with Crippen molar-refractivity contribution in [1.82, 2.24) is 15.3 Å². The van der Waals surface area contributed by atoms with Crippen molar-refractivity contribution in [3.63, 3.8) is 0 Å². The Morgan fingerprint density at radius 3 is 2.36 bits per heavy atom. The molecule has 1 fully saturated rings. The number of carboxylic acid groups (broad SMARTS) is 1. The minimum atomic E-state index is -4.57. The molecule has 4 N–H and O–H groups in total. The Labute approximate surface area is 272 Å². The Balaban J connectivity index is 0.000000355. The molecule has 3 aromatic rings. The van der Waals surface area contributed by atoms with Crippen LogP contribution in [0.4, 0.5) is 19.1 Å². The molecule has 2 heterocycles. The zero-order chi connectivity index (χ0) is 33.0. The monoisotopic (exact) mass is 683 g/mol. The summed E-state index contributed by atoms with van der Waals surface area (Å²) in [5.74, 6) is -0.901. The normalized spacial score (nSPS) is 13.9. The second-order valence-electron chi connectivity index (χ2n) is 9.77. The molecule has 2 aromatic carbocycles. The highest BCUT2D eigenvalue weighted by Crippen LogP contribution is 2.29. The van der Waals surface area contributed by atoms with Gasteiger partial charge in [0.15, 0.2) is 0 Å². The molecule has 0 radical (unpaired) electrons. The molecule has 9 nitrogen and oxygen atoms in total. The molecule has 1 aliphatic heterocycles. The fraction of sp³-hybridized carbons (Fsp3) is 0.300. The van der Waals surface area contributed by atoms with Gasteiger partial charge in [0.1, 0.15) is 11.4 Å². The Kier molecular flexibility index (Phi) is 13.5. The van der Waals surface area contributed by atoms with Crippen LogP contribution in [0.1, 0.15) is 36.1 Å². The molecule has 1 saturated heterocycles. The number of rotatable bonds is 10. The van der Waals surface area contributed by atoms with Gasteiger partial charge in [-0.2, -0.15) is 24.9 Å². The van der Waals surface area contributed by atoms with Gasteiger partial charge in [0.25, 0.3) is 5.91 Å². The SMILES string of the molecule is NC(=O)/C(=C\c1ccc(Cl)c(Cl)c1)NC(=O)C1CCN(c2nccc(C(F)(F)F)n2)CC1.O=C(O)CCSCc1ccccc1. The number of hydrogen-bond acceptors (Lipinski definition) is 7. The van der Waals surface area contributed by atoms with Crippen molar-refractivity contribution in [3.05, 3.63) is 93.4 Å². The van der Waals surface area contributed by atoms with Crippen molar-refractivity contribution in [2.24, 2.45) is 11.7 Å². The van der Waals surface area contributed by atoms with Gasteiger partial charge < -0.3 is 21.1 Å². The zero-order valence-corrected chi connectivity index (χ0v) is 26.1. The van der Waals surface area contributed by atoms with Crippen molar-refractivity contribution in [2.75, 3.05) is 23.7 Å². The number of nitrogens with zero attached hydrogens (tertiary/aromatic N) is 3. The van der Waals surface area contributed by atoms with Gasteiger partial charge in [-0.3, -0.25) is 14.4 Å². The molecule has 1 aromatic heterocycles. The fourth-order valence-corrected chi connectivity index (χ4v) is 5.29. The number of piperidine rings is 1. The lowest BCUT2D eigenvalue weighted by Crippen LogP contribution is -2.42. The molecule has 2 amide bonds. The molecule has 0 atom stereocenters.